The molecule has 1 amide bonds. The van der Waals surface area contributed by atoms with Crippen molar-refractivity contribution in [1.82, 2.24) is 10.3 Å². The van der Waals surface area contributed by atoms with Crippen molar-refractivity contribution in [3.05, 3.63) is 29.0 Å². The van der Waals surface area contributed by atoms with Crippen LogP contribution in [0.15, 0.2) is 18.2 Å². The van der Waals surface area contributed by atoms with Crippen LogP contribution in [0, 0.1) is 0 Å². The molecule has 0 saturated heterocycles. The Bertz CT molecular complexity index is 453. The number of ether oxygens (including phenoxy) is 1. The maximum absolute atomic E-state index is 11.6. The van der Waals surface area contributed by atoms with Gasteiger partial charge in [0.2, 0.25) is 0 Å². The van der Waals surface area contributed by atoms with Crippen LogP contribution in [0.1, 0.15) is 40.3 Å². The predicted octanol–water partition coefficient (Wildman–Crippen LogP) is 3.54. The van der Waals surface area contributed by atoms with E-state index in [0.717, 1.165) is 5.69 Å². The van der Waals surface area contributed by atoms with E-state index in [9.17, 15) is 4.79 Å². The summed E-state index contributed by atoms with van der Waals surface area (Å²) in [5, 5.41) is 3.20. The fourth-order valence-corrected chi connectivity index (χ4v) is 1.65. The summed E-state index contributed by atoms with van der Waals surface area (Å²) in [6.07, 6.45) is -0.428. The lowest BCUT2D eigenvalue weighted by Crippen LogP contribution is -2.40. The van der Waals surface area contributed by atoms with Crippen LogP contribution in [-0.4, -0.2) is 23.2 Å². The molecule has 0 radical (unpaired) electrons. The second-order valence-corrected chi connectivity index (χ2v) is 6.47. The number of nitrogens with one attached hydrogen (secondary N) is 1. The molecule has 1 heterocycles. The van der Waals surface area contributed by atoms with Gasteiger partial charge in [-0.2, -0.15) is 0 Å². The number of aromatic nitrogens is 1. The van der Waals surface area contributed by atoms with Crippen molar-refractivity contribution in [1.29, 1.82) is 0 Å². The van der Waals surface area contributed by atoms with Gasteiger partial charge in [-0.15, -0.1) is 0 Å². The van der Waals surface area contributed by atoms with Gasteiger partial charge in [-0.25, -0.2) is 9.78 Å². The van der Waals surface area contributed by atoms with Gasteiger partial charge in [0.05, 0.1) is 0 Å². The number of hydrogen-bond acceptors (Lipinski definition) is 3. The number of alkyl carbamates (subject to hydrolysis) is 1. The summed E-state index contributed by atoms with van der Waals surface area (Å²) in [4.78, 5) is 15.9. The Kier molecular flexibility index (Phi) is 4.80. The number of carbonyl (C=O) groups is 1. The molecule has 0 spiro atoms. The molecular formula is C14H21ClN2O2. The summed E-state index contributed by atoms with van der Waals surface area (Å²) >= 11 is 5.88. The fraction of sp³-hybridized carbons (Fsp3) is 0.571. The lowest BCUT2D eigenvalue weighted by molar-refractivity contribution is 0.0517. The molecular weight excluding hydrogens is 264 g/mol. The molecule has 1 N–H and O–H groups in total. The van der Waals surface area contributed by atoms with E-state index in [1.54, 1.807) is 6.07 Å². The van der Waals surface area contributed by atoms with Gasteiger partial charge in [-0.1, -0.05) is 31.5 Å². The van der Waals surface area contributed by atoms with E-state index < -0.39 is 11.7 Å². The van der Waals surface area contributed by atoms with Gasteiger partial charge in [0, 0.05) is 17.7 Å². The minimum absolute atomic E-state index is 0.318. The van der Waals surface area contributed by atoms with E-state index >= 15 is 0 Å². The van der Waals surface area contributed by atoms with Gasteiger partial charge in [-0.3, -0.25) is 0 Å². The Labute approximate surface area is 119 Å². The van der Waals surface area contributed by atoms with Crippen molar-refractivity contribution in [3.63, 3.8) is 0 Å². The largest absolute Gasteiger partial charge is 0.444 e. The molecule has 0 aliphatic heterocycles. The molecule has 1 aromatic rings. The molecule has 0 saturated carbocycles. The second kappa shape index (κ2) is 5.78. The van der Waals surface area contributed by atoms with Gasteiger partial charge in [-0.05, 0) is 32.9 Å². The Balaban J connectivity index is 2.63. The first-order valence-electron chi connectivity index (χ1n) is 6.20. The molecule has 19 heavy (non-hydrogen) atoms. The van der Waals surface area contributed by atoms with E-state index in [4.69, 9.17) is 16.3 Å². The van der Waals surface area contributed by atoms with Crippen LogP contribution in [-0.2, 0) is 10.2 Å². The average molecular weight is 285 g/mol. The highest BCUT2D eigenvalue weighted by Gasteiger charge is 2.24. The molecule has 4 nitrogen and oxygen atoms in total. The molecule has 0 aliphatic carbocycles. The standard InChI is InChI=1S/C14H21ClN2O2/c1-13(2,3)19-12(18)16-9-14(4,5)10-7-6-8-11(15)17-10/h6-8H,9H2,1-5H3,(H,16,18). The van der Waals surface area contributed by atoms with Crippen LogP contribution in [0.25, 0.3) is 0 Å². The minimum Gasteiger partial charge on any atom is -0.444 e. The van der Waals surface area contributed by atoms with Crippen molar-refractivity contribution < 1.29 is 9.53 Å². The summed E-state index contributed by atoms with van der Waals surface area (Å²) in [5.74, 6) is 0. The van der Waals surface area contributed by atoms with E-state index in [1.807, 2.05) is 46.8 Å². The van der Waals surface area contributed by atoms with Crippen LogP contribution in [0.3, 0.4) is 0 Å². The minimum atomic E-state index is -0.497. The average Bonchev–Trinajstić information content (AvgIpc) is 2.24. The third-order valence-corrected chi connectivity index (χ3v) is 2.69. The monoisotopic (exact) mass is 284 g/mol. The Hall–Kier alpha value is -1.29. The number of nitrogens with zero attached hydrogens (tertiary/aromatic N) is 1. The zero-order valence-corrected chi connectivity index (χ0v) is 12.8. The number of rotatable bonds is 3. The van der Waals surface area contributed by atoms with Gasteiger partial charge >= 0.3 is 6.09 Å². The highest BCUT2D eigenvalue weighted by molar-refractivity contribution is 6.29. The van der Waals surface area contributed by atoms with Crippen molar-refractivity contribution in [2.45, 2.75) is 45.6 Å². The van der Waals surface area contributed by atoms with Crippen molar-refractivity contribution in [2.24, 2.45) is 0 Å². The second-order valence-electron chi connectivity index (χ2n) is 6.08. The summed E-state index contributed by atoms with van der Waals surface area (Å²) in [5.41, 5.74) is 0.0145. The summed E-state index contributed by atoms with van der Waals surface area (Å²) in [7, 11) is 0. The normalized spacial score (nSPS) is 12.1. The van der Waals surface area contributed by atoms with Crippen LogP contribution >= 0.6 is 11.6 Å². The number of halogens is 1. The van der Waals surface area contributed by atoms with E-state index in [2.05, 4.69) is 10.3 Å². The molecule has 0 atom stereocenters. The number of hydrogen-bond donors (Lipinski definition) is 1. The molecule has 5 heteroatoms. The number of pyridine rings is 1. The molecule has 0 bridgehead atoms. The quantitative estimate of drug-likeness (QED) is 0.864. The van der Waals surface area contributed by atoms with Crippen molar-refractivity contribution in [3.8, 4) is 0 Å². The first-order chi connectivity index (χ1) is 8.60. The predicted molar refractivity (Wildman–Crippen MR) is 76.5 cm³/mol. The Morgan fingerprint density at radius 2 is 1.95 bits per heavy atom. The third kappa shape index (κ3) is 5.47. The van der Waals surface area contributed by atoms with E-state index in [1.165, 1.54) is 0 Å². The molecule has 0 unspecified atom stereocenters. The lowest BCUT2D eigenvalue weighted by atomic mass is 9.89. The number of carbonyl (C=O) groups excluding carboxylic acids is 1. The molecule has 106 valence electrons. The van der Waals surface area contributed by atoms with Crippen LogP contribution < -0.4 is 5.32 Å². The van der Waals surface area contributed by atoms with Gasteiger partial charge < -0.3 is 10.1 Å². The van der Waals surface area contributed by atoms with Crippen LogP contribution in [0.2, 0.25) is 5.15 Å². The highest BCUT2D eigenvalue weighted by Crippen LogP contribution is 2.21. The first-order valence-corrected chi connectivity index (χ1v) is 6.58. The molecule has 1 aromatic heterocycles. The molecule has 0 aromatic carbocycles. The van der Waals surface area contributed by atoms with Gasteiger partial charge in [0.1, 0.15) is 10.8 Å². The molecule has 1 rings (SSSR count). The molecule has 0 fully saturated rings. The van der Waals surface area contributed by atoms with Crippen LogP contribution in [0.4, 0.5) is 4.79 Å². The SMILES string of the molecule is CC(C)(C)OC(=O)NCC(C)(C)c1cccc(Cl)n1. The highest BCUT2D eigenvalue weighted by atomic mass is 35.5. The zero-order valence-electron chi connectivity index (χ0n) is 12.1. The van der Waals surface area contributed by atoms with Crippen molar-refractivity contribution in [2.75, 3.05) is 6.54 Å². The van der Waals surface area contributed by atoms with Crippen LogP contribution in [0.5, 0.6) is 0 Å². The fourth-order valence-electron chi connectivity index (χ4n) is 1.48. The molecule has 0 aliphatic rings. The van der Waals surface area contributed by atoms with Gasteiger partial charge in [0.25, 0.3) is 0 Å². The maximum atomic E-state index is 11.6. The maximum Gasteiger partial charge on any atom is 0.407 e. The topological polar surface area (TPSA) is 51.2 Å². The Morgan fingerprint density at radius 3 is 2.47 bits per heavy atom. The van der Waals surface area contributed by atoms with E-state index in [0.29, 0.717) is 11.7 Å². The Morgan fingerprint density at radius 1 is 1.32 bits per heavy atom. The van der Waals surface area contributed by atoms with Crippen molar-refractivity contribution >= 4 is 17.7 Å². The summed E-state index contributed by atoms with van der Waals surface area (Å²) in [6, 6.07) is 5.46. The van der Waals surface area contributed by atoms with Gasteiger partial charge in [0.15, 0.2) is 0 Å². The summed E-state index contributed by atoms with van der Waals surface area (Å²) in [6.45, 7) is 9.89. The lowest BCUT2D eigenvalue weighted by Gasteiger charge is -2.26. The van der Waals surface area contributed by atoms with E-state index in [-0.39, 0.29) is 5.41 Å². The zero-order chi connectivity index (χ0) is 14.7. The summed E-state index contributed by atoms with van der Waals surface area (Å²) < 4.78 is 5.20. The third-order valence-electron chi connectivity index (χ3n) is 2.48. The first kappa shape index (κ1) is 15.8. The smallest absolute Gasteiger partial charge is 0.407 e. The number of amides is 1.